The Morgan fingerprint density at radius 1 is 1.00 bits per heavy atom. The quantitative estimate of drug-likeness (QED) is 0.234. The maximum absolute atomic E-state index is 12.9. The van der Waals surface area contributed by atoms with Crippen LogP contribution in [0.1, 0.15) is 44.7 Å². The zero-order chi connectivity index (χ0) is 26.0. The van der Waals surface area contributed by atoms with Crippen LogP contribution in [0.3, 0.4) is 0 Å². The number of carbonyl (C=O) groups excluding carboxylic acids is 5. The van der Waals surface area contributed by atoms with Crippen LogP contribution in [0.2, 0.25) is 0 Å². The molecule has 1 atom stereocenters. The molecule has 11 nitrogen and oxygen atoms in total. The molecule has 1 fully saturated rings. The molecule has 2 aromatic rings. The number of fused-ring (bicyclic) bond motifs is 1. The lowest BCUT2D eigenvalue weighted by atomic mass is 10.0. The van der Waals surface area contributed by atoms with Crippen LogP contribution < -0.4 is 5.32 Å². The van der Waals surface area contributed by atoms with Crippen molar-refractivity contribution in [3.05, 3.63) is 64.7 Å². The number of hydrogen-bond donors (Lipinski definition) is 1. The van der Waals surface area contributed by atoms with Gasteiger partial charge in [0.15, 0.2) is 0 Å². The molecule has 4 rings (SSSR count). The fourth-order valence-electron chi connectivity index (χ4n) is 3.92. The molecule has 0 spiro atoms. The van der Waals surface area contributed by atoms with Crippen LogP contribution >= 0.6 is 0 Å². The molecule has 0 bridgehead atoms. The highest BCUT2D eigenvalue weighted by molar-refractivity contribution is 7.86. The monoisotopic (exact) mass is 514 g/mol. The van der Waals surface area contributed by atoms with Crippen LogP contribution in [0.5, 0.6) is 0 Å². The molecule has 0 aromatic heterocycles. The number of benzene rings is 2. The number of nitrogens with zero attached hydrogens (tertiary/aromatic N) is 1. The maximum atomic E-state index is 12.9. The summed E-state index contributed by atoms with van der Waals surface area (Å²) in [5.41, 5.74) is 1.42. The Kier molecular flexibility index (Phi) is 7.00. The van der Waals surface area contributed by atoms with Gasteiger partial charge in [-0.2, -0.15) is 8.42 Å². The Hall–Kier alpha value is -3.90. The molecule has 2 aromatic carbocycles. The molecule has 0 aliphatic carbocycles. The molecule has 0 radical (unpaired) electrons. The van der Waals surface area contributed by atoms with Crippen LogP contribution in [-0.2, 0) is 39.8 Å². The third kappa shape index (κ3) is 5.19. The first-order valence-corrected chi connectivity index (χ1v) is 12.4. The highest BCUT2D eigenvalue weighted by Gasteiger charge is 2.44. The zero-order valence-electron chi connectivity index (χ0n) is 19.2. The highest BCUT2D eigenvalue weighted by Crippen LogP contribution is 2.28. The van der Waals surface area contributed by atoms with Gasteiger partial charge in [-0.25, -0.2) is 0 Å². The standard InChI is InChI=1S/C24H22N2O9S/c1-14-2-5-16(6-3-14)36(32,33)35-11-10-34-21(28)13-15-4-7-17-18(12-15)24(31)26(23(17)30)19-8-9-20(27)25-22(19)29/h2-7,12,19H,8-11,13H2,1H3,(H,25,27,29). The summed E-state index contributed by atoms with van der Waals surface area (Å²) >= 11 is 0. The van der Waals surface area contributed by atoms with E-state index in [2.05, 4.69) is 5.32 Å². The first kappa shape index (κ1) is 25.2. The van der Waals surface area contributed by atoms with Gasteiger partial charge in [-0.05, 0) is 43.2 Å². The summed E-state index contributed by atoms with van der Waals surface area (Å²) in [5, 5.41) is 2.12. The van der Waals surface area contributed by atoms with Crippen LogP contribution in [0.25, 0.3) is 0 Å². The molecule has 2 aliphatic heterocycles. The van der Waals surface area contributed by atoms with E-state index in [1.165, 1.54) is 30.3 Å². The minimum Gasteiger partial charge on any atom is -0.463 e. The van der Waals surface area contributed by atoms with E-state index in [4.69, 9.17) is 8.92 Å². The topological polar surface area (TPSA) is 153 Å². The van der Waals surface area contributed by atoms with Gasteiger partial charge in [0.05, 0.1) is 22.4 Å². The van der Waals surface area contributed by atoms with E-state index in [1.807, 2.05) is 6.92 Å². The molecule has 36 heavy (non-hydrogen) atoms. The van der Waals surface area contributed by atoms with Gasteiger partial charge in [0.2, 0.25) is 11.8 Å². The van der Waals surface area contributed by atoms with E-state index in [0.29, 0.717) is 5.56 Å². The van der Waals surface area contributed by atoms with Gasteiger partial charge >= 0.3 is 5.97 Å². The van der Waals surface area contributed by atoms with E-state index in [0.717, 1.165) is 10.5 Å². The molecular weight excluding hydrogens is 492 g/mol. The summed E-state index contributed by atoms with van der Waals surface area (Å²) in [6.45, 7) is 1.13. The number of esters is 1. The summed E-state index contributed by atoms with van der Waals surface area (Å²) in [5.74, 6) is -3.20. The van der Waals surface area contributed by atoms with Gasteiger partial charge in [-0.3, -0.25) is 38.4 Å². The van der Waals surface area contributed by atoms with Crippen LogP contribution in [0, 0.1) is 6.92 Å². The Labute approximate surface area is 206 Å². The van der Waals surface area contributed by atoms with E-state index in [1.54, 1.807) is 12.1 Å². The molecule has 4 amide bonds. The van der Waals surface area contributed by atoms with Crippen molar-refractivity contribution in [1.29, 1.82) is 0 Å². The molecule has 12 heteroatoms. The number of ether oxygens (including phenoxy) is 1. The summed E-state index contributed by atoms with van der Waals surface area (Å²) in [7, 11) is -3.99. The summed E-state index contributed by atoms with van der Waals surface area (Å²) in [6, 6.07) is 9.26. The second-order valence-corrected chi connectivity index (χ2v) is 9.93. The van der Waals surface area contributed by atoms with Crippen molar-refractivity contribution in [1.82, 2.24) is 10.2 Å². The number of rotatable bonds is 8. The Balaban J connectivity index is 1.32. The number of amides is 4. The first-order chi connectivity index (χ1) is 17.1. The lowest BCUT2D eigenvalue weighted by Crippen LogP contribution is -2.54. The fourth-order valence-corrected chi connectivity index (χ4v) is 4.81. The predicted octanol–water partition coefficient (Wildman–Crippen LogP) is 0.887. The van der Waals surface area contributed by atoms with Crippen molar-refractivity contribution in [2.45, 2.75) is 37.1 Å². The van der Waals surface area contributed by atoms with Crippen molar-refractivity contribution in [3.8, 4) is 0 Å². The Bertz CT molecular complexity index is 1370. The normalized spacial score (nSPS) is 17.7. The van der Waals surface area contributed by atoms with Crippen molar-refractivity contribution in [2.24, 2.45) is 0 Å². The smallest absolute Gasteiger partial charge is 0.310 e. The molecule has 1 N–H and O–H groups in total. The average Bonchev–Trinajstić information content (AvgIpc) is 3.07. The molecule has 2 aliphatic rings. The van der Waals surface area contributed by atoms with Crippen LogP contribution in [0.15, 0.2) is 47.4 Å². The second-order valence-electron chi connectivity index (χ2n) is 8.31. The SMILES string of the molecule is Cc1ccc(S(=O)(=O)OCCOC(=O)Cc2ccc3c(c2)C(=O)N(C2CCC(=O)NC2=O)C3=O)cc1. The minimum atomic E-state index is -3.99. The van der Waals surface area contributed by atoms with E-state index in [-0.39, 0.29) is 48.5 Å². The minimum absolute atomic E-state index is 0.0109. The van der Waals surface area contributed by atoms with Crippen molar-refractivity contribution < 1.29 is 41.3 Å². The van der Waals surface area contributed by atoms with Crippen molar-refractivity contribution >= 4 is 39.7 Å². The van der Waals surface area contributed by atoms with E-state index in [9.17, 15) is 32.4 Å². The Morgan fingerprint density at radius 3 is 2.39 bits per heavy atom. The van der Waals surface area contributed by atoms with Crippen molar-refractivity contribution in [3.63, 3.8) is 0 Å². The second kappa shape index (κ2) is 9.99. The van der Waals surface area contributed by atoms with Gasteiger partial charge in [0, 0.05) is 6.42 Å². The van der Waals surface area contributed by atoms with Gasteiger partial charge < -0.3 is 4.74 Å². The van der Waals surface area contributed by atoms with Crippen LogP contribution in [0.4, 0.5) is 0 Å². The largest absolute Gasteiger partial charge is 0.463 e. The van der Waals surface area contributed by atoms with Crippen molar-refractivity contribution in [2.75, 3.05) is 13.2 Å². The summed E-state index contributed by atoms with van der Waals surface area (Å²) < 4.78 is 34.2. The number of piperidine rings is 1. The zero-order valence-corrected chi connectivity index (χ0v) is 20.0. The van der Waals surface area contributed by atoms with Gasteiger partial charge in [-0.1, -0.05) is 23.8 Å². The summed E-state index contributed by atoms with van der Waals surface area (Å²) in [4.78, 5) is 62.1. The highest BCUT2D eigenvalue weighted by atomic mass is 32.2. The third-order valence-corrected chi connectivity index (χ3v) is 7.07. The maximum Gasteiger partial charge on any atom is 0.310 e. The van der Waals surface area contributed by atoms with Crippen LogP contribution in [-0.4, -0.2) is 62.2 Å². The number of hydrogen-bond acceptors (Lipinski definition) is 9. The molecule has 1 unspecified atom stereocenters. The predicted molar refractivity (Wildman–Crippen MR) is 122 cm³/mol. The molecule has 0 saturated carbocycles. The summed E-state index contributed by atoms with van der Waals surface area (Å²) in [6.07, 6.45) is -0.189. The number of carbonyl (C=O) groups is 5. The lowest BCUT2D eigenvalue weighted by molar-refractivity contribution is -0.143. The molecular formula is C24H22N2O9S. The molecule has 1 saturated heterocycles. The fraction of sp³-hybridized carbons (Fsp3) is 0.292. The van der Waals surface area contributed by atoms with Gasteiger partial charge in [0.25, 0.3) is 21.9 Å². The van der Waals surface area contributed by atoms with E-state index >= 15 is 0 Å². The van der Waals surface area contributed by atoms with Gasteiger partial charge in [-0.15, -0.1) is 0 Å². The number of aryl methyl sites for hydroxylation is 1. The van der Waals surface area contributed by atoms with Gasteiger partial charge in [0.1, 0.15) is 19.3 Å². The number of imide groups is 2. The Morgan fingerprint density at radius 2 is 1.69 bits per heavy atom. The molecule has 2 heterocycles. The first-order valence-electron chi connectivity index (χ1n) is 11.0. The van der Waals surface area contributed by atoms with E-state index < -0.39 is 45.8 Å². The molecule has 188 valence electrons. The third-order valence-electron chi connectivity index (χ3n) is 5.75. The lowest BCUT2D eigenvalue weighted by Gasteiger charge is -2.27. The average molecular weight is 515 g/mol. The number of nitrogens with one attached hydrogen (secondary N) is 1.